The molecule has 3 heteroatoms. The molecule has 1 fully saturated rings. The molecule has 0 aromatic heterocycles. The van der Waals surface area contributed by atoms with E-state index in [0.717, 1.165) is 17.3 Å². The molecule has 1 aliphatic heterocycles. The molecule has 1 N–H and O–H groups in total. The minimum absolute atomic E-state index is 0.764. The van der Waals surface area contributed by atoms with Gasteiger partial charge < -0.3 is 10.2 Å². The number of anilines is 2. The zero-order valence-electron chi connectivity index (χ0n) is 12.2. The van der Waals surface area contributed by atoms with E-state index in [4.69, 9.17) is 11.6 Å². The maximum absolute atomic E-state index is 5.99. The molecule has 0 bridgehead atoms. The van der Waals surface area contributed by atoms with Gasteiger partial charge in [-0.1, -0.05) is 29.8 Å². The van der Waals surface area contributed by atoms with Crippen LogP contribution in [0.3, 0.4) is 0 Å². The molecule has 1 aliphatic rings. The first kappa shape index (κ1) is 14.3. The van der Waals surface area contributed by atoms with Gasteiger partial charge in [0.05, 0.1) is 0 Å². The van der Waals surface area contributed by atoms with E-state index in [1.54, 1.807) is 0 Å². The summed E-state index contributed by atoms with van der Waals surface area (Å²) in [7, 11) is 0. The summed E-state index contributed by atoms with van der Waals surface area (Å²) >= 11 is 5.99. The largest absolute Gasteiger partial charge is 0.381 e. The molecule has 0 amide bonds. The van der Waals surface area contributed by atoms with E-state index in [-0.39, 0.29) is 0 Å². The summed E-state index contributed by atoms with van der Waals surface area (Å²) in [6.45, 7) is 3.21. The first-order chi connectivity index (χ1) is 10.3. The molecular weight excluding hydrogens is 280 g/mol. The molecule has 0 aliphatic carbocycles. The van der Waals surface area contributed by atoms with Gasteiger partial charge in [0, 0.05) is 36.0 Å². The van der Waals surface area contributed by atoms with Gasteiger partial charge in [-0.25, -0.2) is 0 Å². The molecule has 110 valence electrons. The number of nitrogens with zero attached hydrogens (tertiary/aromatic N) is 1. The van der Waals surface area contributed by atoms with Crippen molar-refractivity contribution in [3.05, 3.63) is 59.1 Å². The number of piperidine rings is 1. The highest BCUT2D eigenvalue weighted by atomic mass is 35.5. The second-order valence-corrected chi connectivity index (χ2v) is 6.01. The second kappa shape index (κ2) is 6.86. The third-order valence-corrected chi connectivity index (χ3v) is 4.21. The third kappa shape index (κ3) is 3.92. The maximum atomic E-state index is 5.99. The predicted octanol–water partition coefficient (Wildman–Crippen LogP) is 4.94. The highest BCUT2D eigenvalue weighted by Crippen LogP contribution is 2.21. The number of hydrogen-bond acceptors (Lipinski definition) is 2. The summed E-state index contributed by atoms with van der Waals surface area (Å²) in [6.07, 6.45) is 4.01. The Hall–Kier alpha value is -1.67. The Bertz CT molecular complexity index is 574. The standard InChI is InChI=1S/C18H21ClN2/c19-16-5-4-6-17(13-16)20-14-15-7-9-18(10-8-15)21-11-2-1-3-12-21/h4-10,13,20H,1-3,11-12,14H2. The molecule has 21 heavy (non-hydrogen) atoms. The van der Waals surface area contributed by atoms with E-state index in [2.05, 4.69) is 34.5 Å². The molecule has 2 nitrogen and oxygen atoms in total. The van der Waals surface area contributed by atoms with Crippen LogP contribution in [0.2, 0.25) is 5.02 Å². The third-order valence-electron chi connectivity index (χ3n) is 3.98. The fourth-order valence-corrected chi connectivity index (χ4v) is 2.97. The SMILES string of the molecule is Clc1cccc(NCc2ccc(N3CCCCC3)cc2)c1. The summed E-state index contributed by atoms with van der Waals surface area (Å²) in [5.41, 5.74) is 3.69. The smallest absolute Gasteiger partial charge is 0.0426 e. The van der Waals surface area contributed by atoms with E-state index >= 15 is 0 Å². The van der Waals surface area contributed by atoms with Gasteiger partial charge >= 0.3 is 0 Å². The lowest BCUT2D eigenvalue weighted by Crippen LogP contribution is -2.29. The van der Waals surface area contributed by atoms with Crippen LogP contribution in [-0.2, 0) is 6.54 Å². The van der Waals surface area contributed by atoms with Gasteiger partial charge in [-0.3, -0.25) is 0 Å². The summed E-state index contributed by atoms with van der Waals surface area (Å²) in [4.78, 5) is 2.48. The van der Waals surface area contributed by atoms with Crippen LogP contribution in [0.4, 0.5) is 11.4 Å². The van der Waals surface area contributed by atoms with Crippen LogP contribution in [0.15, 0.2) is 48.5 Å². The monoisotopic (exact) mass is 300 g/mol. The Morgan fingerprint density at radius 2 is 1.71 bits per heavy atom. The molecule has 2 aromatic rings. The van der Waals surface area contributed by atoms with Crippen molar-refractivity contribution in [3.8, 4) is 0 Å². The van der Waals surface area contributed by atoms with Crippen molar-refractivity contribution in [2.75, 3.05) is 23.3 Å². The molecule has 0 atom stereocenters. The van der Waals surface area contributed by atoms with Crippen molar-refractivity contribution >= 4 is 23.0 Å². The van der Waals surface area contributed by atoms with E-state index < -0.39 is 0 Å². The highest BCUT2D eigenvalue weighted by molar-refractivity contribution is 6.30. The van der Waals surface area contributed by atoms with Crippen LogP contribution in [0.25, 0.3) is 0 Å². The number of hydrogen-bond donors (Lipinski definition) is 1. The van der Waals surface area contributed by atoms with E-state index in [0.29, 0.717) is 0 Å². The zero-order chi connectivity index (χ0) is 14.5. The van der Waals surface area contributed by atoms with Crippen molar-refractivity contribution in [2.24, 2.45) is 0 Å². The van der Waals surface area contributed by atoms with Gasteiger partial charge in [0.1, 0.15) is 0 Å². The summed E-state index contributed by atoms with van der Waals surface area (Å²) in [5, 5.41) is 4.17. The van der Waals surface area contributed by atoms with E-state index in [1.807, 2.05) is 24.3 Å². The van der Waals surface area contributed by atoms with Crippen LogP contribution in [0, 0.1) is 0 Å². The molecule has 1 saturated heterocycles. The molecule has 2 aromatic carbocycles. The highest BCUT2D eigenvalue weighted by Gasteiger charge is 2.10. The van der Waals surface area contributed by atoms with Gasteiger partial charge in [0.15, 0.2) is 0 Å². The van der Waals surface area contributed by atoms with E-state index in [9.17, 15) is 0 Å². The normalized spacial score (nSPS) is 15.0. The lowest BCUT2D eigenvalue weighted by Gasteiger charge is -2.28. The number of halogens is 1. The first-order valence-corrected chi connectivity index (χ1v) is 8.02. The minimum atomic E-state index is 0.764. The van der Waals surface area contributed by atoms with Gasteiger partial charge in [-0.2, -0.15) is 0 Å². The molecule has 0 saturated carbocycles. The number of rotatable bonds is 4. The van der Waals surface area contributed by atoms with Gasteiger partial charge in [-0.15, -0.1) is 0 Å². The van der Waals surface area contributed by atoms with Crippen LogP contribution in [0.5, 0.6) is 0 Å². The van der Waals surface area contributed by atoms with Crippen LogP contribution >= 0.6 is 11.6 Å². The maximum Gasteiger partial charge on any atom is 0.0426 e. The Morgan fingerprint density at radius 1 is 0.952 bits per heavy atom. The Labute approximate surface area is 131 Å². The fraction of sp³-hybridized carbons (Fsp3) is 0.333. The molecule has 0 spiro atoms. The molecule has 1 heterocycles. The molecule has 3 rings (SSSR count). The van der Waals surface area contributed by atoms with Crippen molar-refractivity contribution in [1.29, 1.82) is 0 Å². The van der Waals surface area contributed by atoms with Gasteiger partial charge in [0.25, 0.3) is 0 Å². The fourth-order valence-electron chi connectivity index (χ4n) is 2.78. The van der Waals surface area contributed by atoms with Gasteiger partial charge in [-0.05, 0) is 55.2 Å². The van der Waals surface area contributed by atoms with Crippen molar-refractivity contribution < 1.29 is 0 Å². The van der Waals surface area contributed by atoms with Crippen LogP contribution in [0.1, 0.15) is 24.8 Å². The Kier molecular flexibility index (Phi) is 4.66. The topological polar surface area (TPSA) is 15.3 Å². The number of benzene rings is 2. The summed E-state index contributed by atoms with van der Waals surface area (Å²) < 4.78 is 0. The summed E-state index contributed by atoms with van der Waals surface area (Å²) in [6, 6.07) is 16.7. The predicted molar refractivity (Wildman–Crippen MR) is 91.3 cm³/mol. The Morgan fingerprint density at radius 3 is 2.43 bits per heavy atom. The lowest BCUT2D eigenvalue weighted by molar-refractivity contribution is 0.578. The second-order valence-electron chi connectivity index (χ2n) is 5.58. The van der Waals surface area contributed by atoms with Crippen molar-refractivity contribution in [3.63, 3.8) is 0 Å². The lowest BCUT2D eigenvalue weighted by atomic mass is 10.1. The van der Waals surface area contributed by atoms with Crippen LogP contribution < -0.4 is 10.2 Å². The van der Waals surface area contributed by atoms with E-state index in [1.165, 1.54) is 43.6 Å². The quantitative estimate of drug-likeness (QED) is 0.860. The average Bonchev–Trinajstić information content (AvgIpc) is 2.54. The average molecular weight is 301 g/mol. The molecule has 0 radical (unpaired) electrons. The molecular formula is C18H21ClN2. The zero-order valence-corrected chi connectivity index (χ0v) is 12.9. The van der Waals surface area contributed by atoms with Gasteiger partial charge in [0.2, 0.25) is 0 Å². The Balaban J connectivity index is 1.59. The van der Waals surface area contributed by atoms with Crippen molar-refractivity contribution in [2.45, 2.75) is 25.8 Å². The minimum Gasteiger partial charge on any atom is -0.381 e. The van der Waals surface area contributed by atoms with Crippen molar-refractivity contribution in [1.82, 2.24) is 0 Å². The number of nitrogens with one attached hydrogen (secondary N) is 1. The first-order valence-electron chi connectivity index (χ1n) is 7.64. The molecule has 0 unspecified atom stereocenters. The summed E-state index contributed by atoms with van der Waals surface area (Å²) in [5.74, 6) is 0. The van der Waals surface area contributed by atoms with Crippen LogP contribution in [-0.4, -0.2) is 13.1 Å².